The first-order valence-electron chi connectivity index (χ1n) is 6.47. The largest absolute Gasteiger partial charge is 2.00 e. The maximum Gasteiger partial charge on any atom is 2.00 e. The predicted molar refractivity (Wildman–Crippen MR) is 63.6 cm³/mol. The Morgan fingerprint density at radius 3 is 1.61 bits per heavy atom. The van der Waals surface area contributed by atoms with Gasteiger partial charge in [0.05, 0.1) is 5.97 Å². The molecule has 0 saturated heterocycles. The molecule has 0 aromatic rings. The molecule has 1 aliphatic carbocycles. The fourth-order valence-corrected chi connectivity index (χ4v) is 1.86. The number of hydrogen-bond acceptors (Lipinski definition) is 9. The van der Waals surface area contributed by atoms with Crippen molar-refractivity contribution in [3.8, 4) is 0 Å². The van der Waals surface area contributed by atoms with Crippen LogP contribution in [-0.2, 0) is 56.5 Å². The van der Waals surface area contributed by atoms with Gasteiger partial charge in [-0.1, -0.05) is 12.8 Å². The minimum Gasteiger partial charge on any atom is -0.550 e. The number of nitrogens with two attached hydrogens (primary N) is 2. The van der Waals surface area contributed by atoms with Gasteiger partial charge >= 0.3 is 42.1 Å². The van der Waals surface area contributed by atoms with Crippen LogP contribution in [0.25, 0.3) is 0 Å². The number of aliphatic hydroxyl groups excluding tert-OH is 1. The molecular formula is C12H19N2O7Pt2. The molecule has 0 aliphatic heterocycles. The molecule has 11 heteroatoms. The maximum absolute atomic E-state index is 10.1. The van der Waals surface area contributed by atoms with E-state index in [-0.39, 0.29) is 54.2 Å². The predicted octanol–water partition coefficient (Wildman–Crippen LogP) is -5.19. The molecule has 0 aromatic carbocycles. The van der Waals surface area contributed by atoms with E-state index >= 15 is 0 Å². The number of carbonyl (C=O) groups excluding carboxylic acids is 3. The van der Waals surface area contributed by atoms with Crippen LogP contribution in [0.1, 0.15) is 32.1 Å². The molecule has 0 heterocycles. The standard InChI is InChI=1S/C6H14N2.C6H8O7.2Pt/c7-5-3-1-2-4-6(5)8;7-3(8)1-2(5(10)11)4(9)6(12)13;;/h5-6H,1-4,7-8H2;2,4,9H,1H2,(H,7,8)(H,10,11)(H,12,13);;/q;;+1;+2/p-3. The van der Waals surface area contributed by atoms with Gasteiger partial charge in [0.1, 0.15) is 6.10 Å². The van der Waals surface area contributed by atoms with E-state index in [1.54, 1.807) is 0 Å². The van der Waals surface area contributed by atoms with Crippen molar-refractivity contribution in [3.05, 3.63) is 0 Å². The van der Waals surface area contributed by atoms with Crippen molar-refractivity contribution in [1.29, 1.82) is 0 Å². The molecule has 4 unspecified atom stereocenters. The molecule has 139 valence electrons. The molecule has 4 atom stereocenters. The van der Waals surface area contributed by atoms with Crippen molar-refractivity contribution in [1.82, 2.24) is 0 Å². The zero-order valence-electron chi connectivity index (χ0n) is 12.0. The quantitative estimate of drug-likeness (QED) is 0.253. The van der Waals surface area contributed by atoms with Crippen molar-refractivity contribution in [2.24, 2.45) is 17.4 Å². The Morgan fingerprint density at radius 1 is 1.00 bits per heavy atom. The van der Waals surface area contributed by atoms with Crippen molar-refractivity contribution in [2.45, 2.75) is 50.3 Å². The number of carboxylic acids is 3. The number of rotatable bonds is 5. The summed E-state index contributed by atoms with van der Waals surface area (Å²) in [7, 11) is 0. The summed E-state index contributed by atoms with van der Waals surface area (Å²) in [6, 6.07) is 0.562. The number of carbonyl (C=O) groups is 3. The normalized spacial score (nSPS) is 22.0. The van der Waals surface area contributed by atoms with E-state index in [0.29, 0.717) is 0 Å². The van der Waals surface area contributed by atoms with Crippen LogP contribution in [0.15, 0.2) is 0 Å². The third-order valence-electron chi connectivity index (χ3n) is 3.19. The average molecular weight is 693 g/mol. The number of carboxylic acid groups (broad SMARTS) is 3. The SMILES string of the molecule is NC1CCCCC1N.O=C([O-])CC(C(=O)[O-])C(O)C(=O)[O-].[Pt+2].[Pt+]. The van der Waals surface area contributed by atoms with Crippen LogP contribution in [0.2, 0.25) is 0 Å². The first-order valence-corrected chi connectivity index (χ1v) is 6.47. The molecule has 5 N–H and O–H groups in total. The van der Waals surface area contributed by atoms with Crippen LogP contribution in [0.4, 0.5) is 0 Å². The van der Waals surface area contributed by atoms with Gasteiger partial charge in [-0.15, -0.1) is 0 Å². The van der Waals surface area contributed by atoms with Crippen molar-refractivity contribution in [2.75, 3.05) is 0 Å². The summed E-state index contributed by atoms with van der Waals surface area (Å²) in [5.74, 6) is -7.92. The Labute approximate surface area is 162 Å². The molecule has 1 fully saturated rings. The summed E-state index contributed by atoms with van der Waals surface area (Å²) in [5.41, 5.74) is 11.3. The Bertz CT molecular complexity index is 374. The maximum atomic E-state index is 10.1. The second-order valence-corrected chi connectivity index (χ2v) is 4.88. The zero-order chi connectivity index (χ0) is 16.6. The van der Waals surface area contributed by atoms with Gasteiger partial charge in [0.2, 0.25) is 0 Å². The molecule has 1 radical (unpaired) electrons. The van der Waals surface area contributed by atoms with E-state index in [2.05, 4.69) is 0 Å². The summed E-state index contributed by atoms with van der Waals surface area (Å²) < 4.78 is 0. The van der Waals surface area contributed by atoms with E-state index in [9.17, 15) is 29.7 Å². The fourth-order valence-electron chi connectivity index (χ4n) is 1.86. The molecule has 0 bridgehead atoms. The molecule has 1 rings (SSSR count). The van der Waals surface area contributed by atoms with Gasteiger partial charge < -0.3 is 46.3 Å². The van der Waals surface area contributed by atoms with E-state index in [4.69, 9.17) is 16.6 Å². The number of aliphatic hydroxyl groups is 1. The van der Waals surface area contributed by atoms with Gasteiger partial charge in [0, 0.05) is 29.9 Å². The van der Waals surface area contributed by atoms with E-state index < -0.39 is 36.4 Å². The van der Waals surface area contributed by atoms with Gasteiger partial charge in [-0.05, 0) is 19.3 Å². The molecular weight excluding hydrogens is 674 g/mol. The average Bonchev–Trinajstić information content (AvgIpc) is 2.39. The van der Waals surface area contributed by atoms with Crippen molar-refractivity contribution < 1.29 is 76.9 Å². The molecule has 9 nitrogen and oxygen atoms in total. The molecule has 0 spiro atoms. The molecule has 1 saturated carbocycles. The van der Waals surface area contributed by atoms with Gasteiger partial charge in [0.25, 0.3) is 0 Å². The van der Waals surface area contributed by atoms with E-state index in [1.807, 2.05) is 0 Å². The Hall–Kier alpha value is -0.333. The van der Waals surface area contributed by atoms with Crippen molar-refractivity contribution >= 4 is 17.9 Å². The fraction of sp³-hybridized carbons (Fsp3) is 0.750. The van der Waals surface area contributed by atoms with Crippen LogP contribution in [0, 0.1) is 5.92 Å². The van der Waals surface area contributed by atoms with Gasteiger partial charge in [0.15, 0.2) is 0 Å². The Kier molecular flexibility index (Phi) is 16.8. The topological polar surface area (TPSA) is 193 Å². The first-order chi connectivity index (χ1) is 9.66. The van der Waals surface area contributed by atoms with Crippen LogP contribution >= 0.6 is 0 Å². The molecule has 0 amide bonds. The van der Waals surface area contributed by atoms with Crippen molar-refractivity contribution in [3.63, 3.8) is 0 Å². The Morgan fingerprint density at radius 2 is 1.39 bits per heavy atom. The van der Waals surface area contributed by atoms with Gasteiger partial charge in [-0.3, -0.25) is 0 Å². The summed E-state index contributed by atoms with van der Waals surface area (Å²) in [4.78, 5) is 30.0. The Balaban J connectivity index is -0.000000347. The van der Waals surface area contributed by atoms with E-state index in [0.717, 1.165) is 12.8 Å². The minimum absolute atomic E-state index is 0. The summed E-state index contributed by atoms with van der Waals surface area (Å²) in [6.07, 6.45) is 1.24. The smallest absolute Gasteiger partial charge is 0.550 e. The number of aliphatic carboxylic acids is 3. The summed E-state index contributed by atoms with van der Waals surface area (Å²) in [5, 5.41) is 38.6. The minimum atomic E-state index is -2.41. The van der Waals surface area contributed by atoms with Gasteiger partial charge in [-0.2, -0.15) is 0 Å². The van der Waals surface area contributed by atoms with Gasteiger partial charge in [-0.25, -0.2) is 0 Å². The van der Waals surface area contributed by atoms with Crippen LogP contribution < -0.4 is 26.8 Å². The van der Waals surface area contributed by atoms with Crippen LogP contribution in [0.5, 0.6) is 0 Å². The molecule has 23 heavy (non-hydrogen) atoms. The number of hydrogen-bond donors (Lipinski definition) is 3. The molecule has 0 aromatic heterocycles. The molecule has 1 aliphatic rings. The van der Waals surface area contributed by atoms with E-state index in [1.165, 1.54) is 12.8 Å². The first kappa shape index (κ1) is 27.5. The second-order valence-electron chi connectivity index (χ2n) is 4.88. The third kappa shape index (κ3) is 11.8. The second kappa shape index (κ2) is 14.0. The van der Waals surface area contributed by atoms with Crippen LogP contribution in [-0.4, -0.2) is 41.2 Å². The third-order valence-corrected chi connectivity index (χ3v) is 3.19. The van der Waals surface area contributed by atoms with Crippen LogP contribution in [0.3, 0.4) is 0 Å². The monoisotopic (exact) mass is 693 g/mol. The summed E-state index contributed by atoms with van der Waals surface area (Å²) >= 11 is 0. The summed E-state index contributed by atoms with van der Waals surface area (Å²) in [6.45, 7) is 0. The zero-order valence-corrected chi connectivity index (χ0v) is 16.6.